The number of hydrogen-bond donors (Lipinski definition) is 4. The maximum Gasteiger partial charge on any atom is 0.352 e. The fraction of sp³-hybridized carbons (Fsp3) is 0.400. The van der Waals surface area contributed by atoms with E-state index in [1.54, 1.807) is 12.4 Å². The molecule has 7 heteroatoms. The number of nitrogens with zero attached hydrogens (tertiary/aromatic N) is 2. The standard InChI is InChI=1S/C15H20N4O3/c1-8(2)12(7-20)18-15-17-5-9(3)13(19-15)10-4-11(14(21)22)16-6-10/h4-6,8,12,16,20H,7H2,1-3H3,(H,21,22)(H,17,18,19). The van der Waals surface area contributed by atoms with E-state index in [-0.39, 0.29) is 24.3 Å². The van der Waals surface area contributed by atoms with Gasteiger partial charge in [0.1, 0.15) is 5.69 Å². The summed E-state index contributed by atoms with van der Waals surface area (Å²) in [5.41, 5.74) is 2.29. The average Bonchev–Trinajstić information content (AvgIpc) is 2.95. The van der Waals surface area contributed by atoms with Crippen molar-refractivity contribution in [2.75, 3.05) is 11.9 Å². The van der Waals surface area contributed by atoms with Crippen LogP contribution in [0.5, 0.6) is 0 Å². The first-order chi connectivity index (χ1) is 10.4. The highest BCUT2D eigenvalue weighted by molar-refractivity contribution is 5.87. The van der Waals surface area contributed by atoms with E-state index < -0.39 is 5.97 Å². The molecule has 1 unspecified atom stereocenters. The molecule has 0 bridgehead atoms. The Bertz CT molecular complexity index is 667. The molecule has 0 aliphatic rings. The van der Waals surface area contributed by atoms with Crippen molar-refractivity contribution in [2.45, 2.75) is 26.8 Å². The van der Waals surface area contributed by atoms with E-state index in [0.717, 1.165) is 5.56 Å². The van der Waals surface area contributed by atoms with Gasteiger partial charge in [-0.3, -0.25) is 0 Å². The van der Waals surface area contributed by atoms with E-state index in [1.165, 1.54) is 6.07 Å². The summed E-state index contributed by atoms with van der Waals surface area (Å²) >= 11 is 0. The minimum Gasteiger partial charge on any atom is -0.477 e. The predicted octanol–water partition coefficient (Wildman–Crippen LogP) is 1.91. The molecule has 22 heavy (non-hydrogen) atoms. The van der Waals surface area contributed by atoms with Crippen molar-refractivity contribution in [3.8, 4) is 11.3 Å². The molecule has 0 fully saturated rings. The molecule has 0 aliphatic carbocycles. The topological polar surface area (TPSA) is 111 Å². The SMILES string of the molecule is Cc1cnc(NC(CO)C(C)C)nc1-c1c[nH]c(C(=O)O)c1. The second kappa shape index (κ2) is 6.57. The number of anilines is 1. The highest BCUT2D eigenvalue weighted by atomic mass is 16.4. The van der Waals surface area contributed by atoms with Crippen LogP contribution in [-0.2, 0) is 0 Å². The molecule has 7 nitrogen and oxygen atoms in total. The molecule has 0 amide bonds. The van der Waals surface area contributed by atoms with E-state index in [1.807, 2.05) is 20.8 Å². The number of carboxylic acid groups (broad SMARTS) is 1. The van der Waals surface area contributed by atoms with Crippen molar-refractivity contribution in [1.82, 2.24) is 15.0 Å². The number of nitrogens with one attached hydrogen (secondary N) is 2. The van der Waals surface area contributed by atoms with E-state index >= 15 is 0 Å². The number of carboxylic acids is 1. The molecule has 0 aliphatic heterocycles. The van der Waals surface area contributed by atoms with Crippen LogP contribution in [0.4, 0.5) is 5.95 Å². The molecule has 2 aromatic heterocycles. The summed E-state index contributed by atoms with van der Waals surface area (Å²) in [6.07, 6.45) is 3.28. The number of aliphatic hydroxyl groups excluding tert-OH is 1. The van der Waals surface area contributed by atoms with Gasteiger partial charge in [0.15, 0.2) is 0 Å². The summed E-state index contributed by atoms with van der Waals surface area (Å²) < 4.78 is 0. The lowest BCUT2D eigenvalue weighted by molar-refractivity contribution is 0.0691. The van der Waals surface area contributed by atoms with Gasteiger partial charge in [0, 0.05) is 18.0 Å². The molecule has 0 saturated carbocycles. The van der Waals surface area contributed by atoms with Gasteiger partial charge in [0.2, 0.25) is 5.95 Å². The van der Waals surface area contributed by atoms with Crippen molar-refractivity contribution in [2.24, 2.45) is 5.92 Å². The number of H-pyrrole nitrogens is 1. The van der Waals surface area contributed by atoms with Crippen molar-refractivity contribution < 1.29 is 15.0 Å². The van der Waals surface area contributed by atoms with Crippen molar-refractivity contribution in [1.29, 1.82) is 0 Å². The number of aromatic amines is 1. The van der Waals surface area contributed by atoms with Crippen LogP contribution >= 0.6 is 0 Å². The Hall–Kier alpha value is -2.41. The quantitative estimate of drug-likeness (QED) is 0.648. The van der Waals surface area contributed by atoms with Gasteiger partial charge in [-0.2, -0.15) is 0 Å². The Morgan fingerprint density at radius 2 is 2.18 bits per heavy atom. The zero-order chi connectivity index (χ0) is 16.3. The van der Waals surface area contributed by atoms with Crippen LogP contribution < -0.4 is 5.32 Å². The third kappa shape index (κ3) is 3.43. The molecule has 118 valence electrons. The first-order valence-corrected chi connectivity index (χ1v) is 7.05. The van der Waals surface area contributed by atoms with Gasteiger partial charge in [-0.1, -0.05) is 13.8 Å². The second-order valence-electron chi connectivity index (χ2n) is 5.51. The van der Waals surface area contributed by atoms with E-state index in [9.17, 15) is 9.90 Å². The molecule has 2 heterocycles. The van der Waals surface area contributed by atoms with E-state index in [2.05, 4.69) is 20.3 Å². The fourth-order valence-electron chi connectivity index (χ4n) is 2.05. The molecule has 2 rings (SSSR count). The van der Waals surface area contributed by atoms with E-state index in [0.29, 0.717) is 17.2 Å². The van der Waals surface area contributed by atoms with Crippen molar-refractivity contribution >= 4 is 11.9 Å². The van der Waals surface area contributed by atoms with Crippen LogP contribution in [0.15, 0.2) is 18.5 Å². The van der Waals surface area contributed by atoms with Crippen LogP contribution in [-0.4, -0.2) is 43.8 Å². The van der Waals surface area contributed by atoms with Crippen LogP contribution in [0.2, 0.25) is 0 Å². The van der Waals surface area contributed by atoms with Crippen LogP contribution in [0, 0.1) is 12.8 Å². The number of aromatic carboxylic acids is 1. The highest BCUT2D eigenvalue weighted by Gasteiger charge is 2.15. The highest BCUT2D eigenvalue weighted by Crippen LogP contribution is 2.23. The second-order valence-corrected chi connectivity index (χ2v) is 5.51. The number of aryl methyl sites for hydroxylation is 1. The molecule has 1 atom stereocenters. The van der Waals surface area contributed by atoms with Gasteiger partial charge >= 0.3 is 5.97 Å². The van der Waals surface area contributed by atoms with Gasteiger partial charge in [0.25, 0.3) is 0 Å². The third-order valence-corrected chi connectivity index (χ3v) is 3.47. The Morgan fingerprint density at radius 3 is 2.73 bits per heavy atom. The zero-order valence-electron chi connectivity index (χ0n) is 12.8. The number of carbonyl (C=O) groups is 1. The largest absolute Gasteiger partial charge is 0.477 e. The predicted molar refractivity (Wildman–Crippen MR) is 82.8 cm³/mol. The maximum atomic E-state index is 11.0. The molecule has 0 spiro atoms. The normalized spacial score (nSPS) is 12.4. The summed E-state index contributed by atoms with van der Waals surface area (Å²) in [6, 6.07) is 1.39. The lowest BCUT2D eigenvalue weighted by Crippen LogP contribution is -2.30. The summed E-state index contributed by atoms with van der Waals surface area (Å²) in [7, 11) is 0. The summed E-state index contributed by atoms with van der Waals surface area (Å²) in [5.74, 6) is -0.382. The van der Waals surface area contributed by atoms with Crippen LogP contribution in [0.3, 0.4) is 0 Å². The first-order valence-electron chi connectivity index (χ1n) is 7.05. The molecule has 0 saturated heterocycles. The Kier molecular flexibility index (Phi) is 4.77. The van der Waals surface area contributed by atoms with E-state index in [4.69, 9.17) is 5.11 Å². The monoisotopic (exact) mass is 304 g/mol. The Balaban J connectivity index is 2.31. The van der Waals surface area contributed by atoms with Crippen LogP contribution in [0.25, 0.3) is 11.3 Å². The number of aliphatic hydroxyl groups is 1. The third-order valence-electron chi connectivity index (χ3n) is 3.47. The van der Waals surface area contributed by atoms with Gasteiger partial charge in [-0.15, -0.1) is 0 Å². The fourth-order valence-corrected chi connectivity index (χ4v) is 2.05. The molecule has 2 aromatic rings. The summed E-state index contributed by atoms with van der Waals surface area (Å²) in [5, 5.41) is 21.4. The Labute approximate surface area is 128 Å². The molecule has 4 N–H and O–H groups in total. The minimum absolute atomic E-state index is 0.0163. The Morgan fingerprint density at radius 1 is 1.45 bits per heavy atom. The smallest absolute Gasteiger partial charge is 0.352 e. The first kappa shape index (κ1) is 16.0. The number of hydrogen-bond acceptors (Lipinski definition) is 5. The molecule has 0 radical (unpaired) electrons. The number of aromatic nitrogens is 3. The summed E-state index contributed by atoms with van der Waals surface area (Å²) in [6.45, 7) is 5.83. The van der Waals surface area contributed by atoms with Crippen molar-refractivity contribution in [3.05, 3.63) is 29.7 Å². The molecule has 0 aromatic carbocycles. The van der Waals surface area contributed by atoms with Gasteiger partial charge in [-0.05, 0) is 24.5 Å². The minimum atomic E-state index is -1.02. The van der Waals surface area contributed by atoms with Gasteiger partial charge in [0.05, 0.1) is 18.3 Å². The molecular formula is C15H20N4O3. The maximum absolute atomic E-state index is 11.0. The average molecular weight is 304 g/mol. The van der Waals surface area contributed by atoms with Gasteiger partial charge < -0.3 is 20.5 Å². The number of rotatable bonds is 6. The van der Waals surface area contributed by atoms with Crippen molar-refractivity contribution in [3.63, 3.8) is 0 Å². The van der Waals surface area contributed by atoms with Crippen LogP contribution in [0.1, 0.15) is 29.9 Å². The lowest BCUT2D eigenvalue weighted by atomic mass is 10.1. The molecular weight excluding hydrogens is 284 g/mol. The lowest BCUT2D eigenvalue weighted by Gasteiger charge is -2.20. The van der Waals surface area contributed by atoms with Gasteiger partial charge in [-0.25, -0.2) is 14.8 Å². The zero-order valence-corrected chi connectivity index (χ0v) is 12.8. The summed E-state index contributed by atoms with van der Waals surface area (Å²) in [4.78, 5) is 22.3.